The van der Waals surface area contributed by atoms with Crippen LogP contribution < -0.4 is 10.6 Å². The lowest BCUT2D eigenvalue weighted by atomic mass is 9.87. The van der Waals surface area contributed by atoms with E-state index in [1.54, 1.807) is 26.8 Å². The number of nitrogens with one attached hydrogen (secondary N) is 2. The lowest BCUT2D eigenvalue weighted by Gasteiger charge is -2.32. The number of alkyl carbamates (subject to hydrolysis) is 2. The molecule has 3 aromatic rings. The maximum absolute atomic E-state index is 14.5. The summed E-state index contributed by atoms with van der Waals surface area (Å²) in [5, 5.41) is 15.8. The molecule has 0 spiro atoms. The maximum Gasteiger partial charge on any atom is 0.424 e. The molecule has 0 aliphatic rings. The molecule has 0 saturated heterocycles. The molecule has 12 heteroatoms. The molecule has 0 bridgehead atoms. The highest BCUT2D eigenvalue weighted by atomic mass is 19.4. The number of halogens is 4. The molecule has 0 fully saturated rings. The molecule has 2 unspecified atom stereocenters. The summed E-state index contributed by atoms with van der Waals surface area (Å²) in [4.78, 5) is 28.7. The summed E-state index contributed by atoms with van der Waals surface area (Å²) < 4.78 is 67.6. The van der Waals surface area contributed by atoms with Crippen LogP contribution in [0.4, 0.5) is 27.2 Å². The second-order valence-electron chi connectivity index (χ2n) is 11.7. The van der Waals surface area contributed by atoms with Crippen molar-refractivity contribution >= 4 is 12.2 Å². The van der Waals surface area contributed by atoms with Gasteiger partial charge >= 0.3 is 18.4 Å². The molecule has 3 N–H and O–H groups in total. The van der Waals surface area contributed by atoms with Crippen LogP contribution in [0.1, 0.15) is 69.7 Å². The van der Waals surface area contributed by atoms with Crippen molar-refractivity contribution in [1.82, 2.24) is 15.6 Å². The van der Waals surface area contributed by atoms with Gasteiger partial charge in [-0.2, -0.15) is 13.2 Å². The number of aliphatic hydroxyl groups is 1. The quantitative estimate of drug-likeness (QED) is 0.180. The molecular formula is C33H39F4N3O5. The van der Waals surface area contributed by atoms with Crippen molar-refractivity contribution in [2.24, 2.45) is 0 Å². The summed E-state index contributed by atoms with van der Waals surface area (Å²) in [7, 11) is 0. The Bertz CT molecular complexity index is 1410. The largest absolute Gasteiger partial charge is 0.445 e. The number of rotatable bonds is 12. The van der Waals surface area contributed by atoms with Gasteiger partial charge in [-0.05, 0) is 87.1 Å². The third kappa shape index (κ3) is 10.4. The number of ether oxygens (including phenoxy) is 2. The van der Waals surface area contributed by atoms with E-state index >= 15 is 0 Å². The van der Waals surface area contributed by atoms with Crippen molar-refractivity contribution in [2.75, 3.05) is 13.1 Å². The highest BCUT2D eigenvalue weighted by Gasteiger charge is 2.56. The maximum atomic E-state index is 14.5. The van der Waals surface area contributed by atoms with Gasteiger partial charge in [0.15, 0.2) is 0 Å². The highest BCUT2D eigenvalue weighted by Crippen LogP contribution is 2.40. The van der Waals surface area contributed by atoms with Gasteiger partial charge in [0.1, 0.15) is 18.0 Å². The fourth-order valence-corrected chi connectivity index (χ4v) is 4.57. The van der Waals surface area contributed by atoms with Gasteiger partial charge in [-0.3, -0.25) is 0 Å². The van der Waals surface area contributed by atoms with Crippen LogP contribution in [0.2, 0.25) is 0 Å². The number of hydrogen-bond acceptors (Lipinski definition) is 6. The van der Waals surface area contributed by atoms with Gasteiger partial charge < -0.3 is 25.2 Å². The number of hydrogen-bond donors (Lipinski definition) is 3. The topological polar surface area (TPSA) is 110 Å². The molecule has 1 aromatic heterocycles. The number of alkyl halides is 3. The summed E-state index contributed by atoms with van der Waals surface area (Å²) in [6.07, 6.45) is -5.51. The summed E-state index contributed by atoms with van der Waals surface area (Å²) in [6.45, 7) is 5.53. The Morgan fingerprint density at radius 3 is 2.20 bits per heavy atom. The van der Waals surface area contributed by atoms with Gasteiger partial charge in [0, 0.05) is 12.1 Å². The first-order valence-electron chi connectivity index (χ1n) is 14.6. The van der Waals surface area contributed by atoms with Crippen LogP contribution in [0.15, 0.2) is 66.7 Å². The van der Waals surface area contributed by atoms with Gasteiger partial charge in [0.2, 0.25) is 5.60 Å². The zero-order valence-corrected chi connectivity index (χ0v) is 25.7. The Balaban J connectivity index is 1.92. The van der Waals surface area contributed by atoms with Crippen molar-refractivity contribution in [3.05, 3.63) is 89.4 Å². The van der Waals surface area contributed by atoms with Crippen LogP contribution >= 0.6 is 0 Å². The summed E-state index contributed by atoms with van der Waals surface area (Å²) in [5.41, 5.74) is -3.71. The van der Waals surface area contributed by atoms with Crippen molar-refractivity contribution < 1.29 is 41.7 Å². The molecule has 244 valence electrons. The molecule has 0 aliphatic heterocycles. The van der Waals surface area contributed by atoms with Crippen molar-refractivity contribution in [2.45, 2.75) is 76.9 Å². The monoisotopic (exact) mass is 633 g/mol. The first-order chi connectivity index (χ1) is 21.1. The fraction of sp³-hybridized carbons (Fsp3) is 0.424. The molecule has 3 rings (SSSR count). The minimum Gasteiger partial charge on any atom is -0.445 e. The van der Waals surface area contributed by atoms with E-state index in [9.17, 15) is 32.3 Å². The number of aromatic nitrogens is 1. The highest BCUT2D eigenvalue weighted by molar-refractivity contribution is 5.68. The number of carbonyl (C=O) groups is 2. The first kappa shape index (κ1) is 35.3. The fourth-order valence-electron chi connectivity index (χ4n) is 4.57. The molecule has 2 amide bonds. The zero-order chi connectivity index (χ0) is 33.3. The second kappa shape index (κ2) is 15.2. The van der Waals surface area contributed by atoms with E-state index in [1.807, 2.05) is 42.6 Å². The number of pyridine rings is 1. The minimum absolute atomic E-state index is 0.0683. The number of amides is 2. The van der Waals surface area contributed by atoms with Gasteiger partial charge in [-0.25, -0.2) is 19.0 Å². The Labute approximate surface area is 260 Å². The van der Waals surface area contributed by atoms with E-state index < -0.39 is 47.6 Å². The van der Waals surface area contributed by atoms with Crippen LogP contribution in [0.5, 0.6) is 0 Å². The predicted molar refractivity (Wildman–Crippen MR) is 161 cm³/mol. The molecule has 1 heterocycles. The standard InChI is InChI=1S/C33H39F4N3O5/c1-5-9-23(16-17-38-29(41)44-20-22-10-7-6-8-11-22)25-18-27(24-12-14-26(34)15-13-24)40-28(19-25)32(43,33(35,36)37)21-39-30(42)45-31(2,3)4/h6-8,10-15,18-19,23,43H,5,9,16-17,20-21H2,1-4H3,(H,38,41)(H,39,42). The molecule has 2 aromatic carbocycles. The molecule has 0 saturated carbocycles. The van der Waals surface area contributed by atoms with E-state index in [1.165, 1.54) is 12.1 Å². The Kier molecular flexibility index (Phi) is 11.9. The molecular weight excluding hydrogens is 594 g/mol. The molecule has 2 atom stereocenters. The minimum atomic E-state index is -5.25. The third-order valence-corrected chi connectivity index (χ3v) is 6.85. The molecule has 0 radical (unpaired) electrons. The van der Waals surface area contributed by atoms with Crippen LogP contribution in [0.3, 0.4) is 0 Å². The summed E-state index contributed by atoms with van der Waals surface area (Å²) >= 11 is 0. The molecule has 45 heavy (non-hydrogen) atoms. The summed E-state index contributed by atoms with van der Waals surface area (Å²) in [6, 6.07) is 16.9. The van der Waals surface area contributed by atoms with Gasteiger partial charge in [-0.15, -0.1) is 0 Å². The van der Waals surface area contributed by atoms with Crippen molar-refractivity contribution in [3.63, 3.8) is 0 Å². The second-order valence-corrected chi connectivity index (χ2v) is 11.7. The predicted octanol–water partition coefficient (Wildman–Crippen LogP) is 7.36. The Morgan fingerprint density at radius 2 is 1.60 bits per heavy atom. The van der Waals surface area contributed by atoms with Gasteiger partial charge in [0.05, 0.1) is 17.9 Å². The van der Waals surface area contributed by atoms with Crippen LogP contribution in [0, 0.1) is 5.82 Å². The average Bonchev–Trinajstić information content (AvgIpc) is 2.97. The van der Waals surface area contributed by atoms with Crippen molar-refractivity contribution in [1.29, 1.82) is 0 Å². The van der Waals surface area contributed by atoms with E-state index in [4.69, 9.17) is 9.47 Å². The Hall–Kier alpha value is -4.19. The number of carbonyl (C=O) groups excluding carboxylic acids is 2. The normalized spacial score (nSPS) is 13.8. The Morgan fingerprint density at radius 1 is 0.933 bits per heavy atom. The van der Waals surface area contributed by atoms with Gasteiger partial charge in [-0.1, -0.05) is 43.7 Å². The van der Waals surface area contributed by atoms with E-state index in [2.05, 4.69) is 10.3 Å². The third-order valence-electron chi connectivity index (χ3n) is 6.85. The van der Waals surface area contributed by atoms with Crippen molar-refractivity contribution in [3.8, 4) is 11.3 Å². The van der Waals surface area contributed by atoms with Crippen LogP contribution in [0.25, 0.3) is 11.3 Å². The molecule has 0 aliphatic carbocycles. The zero-order valence-electron chi connectivity index (χ0n) is 25.7. The summed E-state index contributed by atoms with van der Waals surface area (Å²) in [5.74, 6) is -0.903. The van der Waals surface area contributed by atoms with E-state index in [-0.39, 0.29) is 24.8 Å². The van der Waals surface area contributed by atoms with Crippen LogP contribution in [-0.2, 0) is 21.7 Å². The SMILES string of the molecule is CCCC(CCNC(=O)OCc1ccccc1)c1cc(-c2ccc(F)cc2)nc(C(O)(CNC(=O)OC(C)(C)C)C(F)(F)F)c1. The smallest absolute Gasteiger partial charge is 0.424 e. The van der Waals surface area contributed by atoms with Crippen LogP contribution in [-0.4, -0.2) is 47.1 Å². The average molecular weight is 634 g/mol. The molecule has 8 nitrogen and oxygen atoms in total. The number of nitrogens with zero attached hydrogens (tertiary/aromatic N) is 1. The first-order valence-corrected chi connectivity index (χ1v) is 14.6. The van der Waals surface area contributed by atoms with Gasteiger partial charge in [0.25, 0.3) is 0 Å². The van der Waals surface area contributed by atoms with E-state index in [0.717, 1.165) is 23.8 Å². The number of benzene rings is 2. The lowest BCUT2D eigenvalue weighted by Crippen LogP contribution is -2.52. The lowest BCUT2D eigenvalue weighted by molar-refractivity contribution is -0.265. The van der Waals surface area contributed by atoms with E-state index in [0.29, 0.717) is 30.4 Å².